The molecule has 0 aliphatic carbocycles. The summed E-state index contributed by atoms with van der Waals surface area (Å²) in [6, 6.07) is 0. The first-order valence-corrected chi connectivity index (χ1v) is 8.32. The van der Waals surface area contributed by atoms with Crippen molar-refractivity contribution in [3.05, 3.63) is 0 Å². The first-order valence-electron chi connectivity index (χ1n) is 7.80. The maximum atomic E-state index is 10.4. The van der Waals surface area contributed by atoms with Gasteiger partial charge in [0.25, 0.3) is 0 Å². The maximum absolute atomic E-state index is 10.4. The van der Waals surface area contributed by atoms with Crippen molar-refractivity contribution in [3.8, 4) is 0 Å². The molecule has 1 fully saturated rings. The second-order valence-electron chi connectivity index (χ2n) is 6.45. The van der Waals surface area contributed by atoms with Crippen LogP contribution in [-0.4, -0.2) is 70.0 Å². The number of thiol groups is 1. The maximum Gasteiger partial charge on any atom is 0.163 e. The summed E-state index contributed by atoms with van der Waals surface area (Å²) in [5.74, 6) is 0.630. The Balaban J connectivity index is 1.88. The van der Waals surface area contributed by atoms with Crippen LogP contribution in [0.4, 0.5) is 0 Å². The first-order chi connectivity index (χ1) is 10.8. The van der Waals surface area contributed by atoms with Gasteiger partial charge in [-0.25, -0.2) is 9.98 Å². The lowest BCUT2D eigenvalue weighted by molar-refractivity contribution is -0.0313. The number of aliphatic hydroxyl groups excluding tert-OH is 1. The highest BCUT2D eigenvalue weighted by molar-refractivity contribution is 7.81. The van der Waals surface area contributed by atoms with Gasteiger partial charge in [-0.2, -0.15) is 12.6 Å². The van der Waals surface area contributed by atoms with E-state index in [1.807, 2.05) is 13.8 Å². The Morgan fingerprint density at radius 3 is 2.83 bits per heavy atom. The first kappa shape index (κ1) is 16.8. The molecule has 0 aromatic heterocycles. The molecule has 2 unspecified atom stereocenters. The minimum atomic E-state index is -0.912. The molecule has 0 aromatic rings. The minimum Gasteiger partial charge on any atom is -0.387 e. The Bertz CT molecular complexity index is 569. The number of ether oxygens (including phenoxy) is 1. The molecule has 3 aliphatic heterocycles. The van der Waals surface area contributed by atoms with Crippen LogP contribution in [0.15, 0.2) is 15.0 Å². The van der Waals surface area contributed by atoms with E-state index in [2.05, 4.69) is 27.6 Å². The van der Waals surface area contributed by atoms with Crippen LogP contribution < -0.4 is 11.5 Å². The second kappa shape index (κ2) is 5.82. The molecule has 8 nitrogen and oxygen atoms in total. The molecular weight excluding hydrogens is 316 g/mol. The van der Waals surface area contributed by atoms with Crippen LogP contribution in [-0.2, 0) is 4.74 Å². The standard InChI is InChI=1S/C14H24N6O2S/c1-8-10(23)9(21)11(22-8)20-7-19-13(2)12(20)17-6-18-14(13,16)4-3-5-15/h6-11,21,23H,3-5,15-16H2,1-2H3/t8-,9-,10-,11-,13?,14?/m1/s1. The SMILES string of the molecule is C[C@H]1O[C@@H](N2C=NC3(C)C2=NC=NC3(N)CCCN)[C@H](O)[C@@H]1S. The zero-order valence-electron chi connectivity index (χ0n) is 13.3. The Labute approximate surface area is 141 Å². The quantitative estimate of drug-likeness (QED) is 0.506. The summed E-state index contributed by atoms with van der Waals surface area (Å²) in [7, 11) is 0. The number of rotatable bonds is 4. The van der Waals surface area contributed by atoms with Gasteiger partial charge in [-0.05, 0) is 33.2 Å². The highest BCUT2D eigenvalue weighted by Gasteiger charge is 2.57. The molecule has 0 saturated carbocycles. The second-order valence-corrected chi connectivity index (χ2v) is 7.05. The van der Waals surface area contributed by atoms with Crippen LogP contribution in [0.2, 0.25) is 0 Å². The molecule has 3 heterocycles. The third-order valence-electron chi connectivity index (χ3n) is 4.94. The van der Waals surface area contributed by atoms with Crippen molar-refractivity contribution < 1.29 is 9.84 Å². The molecule has 3 aliphatic rings. The summed E-state index contributed by atoms with van der Waals surface area (Å²) >= 11 is 4.40. The van der Waals surface area contributed by atoms with Gasteiger partial charge in [0.1, 0.15) is 23.9 Å². The predicted molar refractivity (Wildman–Crippen MR) is 93.0 cm³/mol. The number of nitrogens with zero attached hydrogens (tertiary/aromatic N) is 4. The van der Waals surface area contributed by atoms with E-state index in [0.29, 0.717) is 18.8 Å². The highest BCUT2D eigenvalue weighted by Crippen LogP contribution is 2.39. The zero-order chi connectivity index (χ0) is 16.8. The average molecular weight is 340 g/mol. The van der Waals surface area contributed by atoms with E-state index in [-0.39, 0.29) is 11.4 Å². The summed E-state index contributed by atoms with van der Waals surface area (Å²) in [5, 5.41) is 10.1. The van der Waals surface area contributed by atoms with Crippen molar-refractivity contribution in [1.29, 1.82) is 0 Å². The van der Waals surface area contributed by atoms with Crippen LogP contribution in [0.5, 0.6) is 0 Å². The molecule has 0 spiro atoms. The van der Waals surface area contributed by atoms with Crippen LogP contribution >= 0.6 is 12.6 Å². The monoisotopic (exact) mass is 340 g/mol. The number of nitrogens with two attached hydrogens (primary N) is 2. The predicted octanol–water partition coefficient (Wildman–Crippen LogP) is -0.673. The summed E-state index contributed by atoms with van der Waals surface area (Å²) in [5.41, 5.74) is 10.4. The fourth-order valence-corrected chi connectivity index (χ4v) is 3.49. The lowest BCUT2D eigenvalue weighted by Crippen LogP contribution is -2.64. The van der Waals surface area contributed by atoms with Gasteiger partial charge in [-0.15, -0.1) is 0 Å². The molecule has 0 radical (unpaired) electrons. The molecule has 0 bridgehead atoms. The van der Waals surface area contributed by atoms with E-state index >= 15 is 0 Å². The molecular formula is C14H24N6O2S. The van der Waals surface area contributed by atoms with Crippen molar-refractivity contribution in [3.63, 3.8) is 0 Å². The zero-order valence-corrected chi connectivity index (χ0v) is 14.2. The highest BCUT2D eigenvalue weighted by atomic mass is 32.1. The summed E-state index contributed by atoms with van der Waals surface area (Å²) in [6.45, 7) is 4.32. The van der Waals surface area contributed by atoms with Gasteiger partial charge < -0.3 is 21.3 Å². The molecule has 23 heavy (non-hydrogen) atoms. The Morgan fingerprint density at radius 1 is 1.48 bits per heavy atom. The minimum absolute atomic E-state index is 0.170. The molecule has 1 saturated heterocycles. The average Bonchev–Trinajstić information content (AvgIpc) is 2.99. The van der Waals surface area contributed by atoms with Crippen LogP contribution in [0, 0.1) is 0 Å². The van der Waals surface area contributed by atoms with E-state index < -0.39 is 23.5 Å². The van der Waals surface area contributed by atoms with E-state index in [1.54, 1.807) is 11.2 Å². The van der Waals surface area contributed by atoms with Gasteiger partial charge in [0.05, 0.1) is 17.7 Å². The lowest BCUT2D eigenvalue weighted by atomic mass is 9.81. The normalized spacial score (nSPS) is 45.5. The Kier molecular flexibility index (Phi) is 4.26. The fraction of sp³-hybridized carbons (Fsp3) is 0.786. The van der Waals surface area contributed by atoms with Crippen LogP contribution in [0.3, 0.4) is 0 Å². The van der Waals surface area contributed by atoms with Gasteiger partial charge in [0, 0.05) is 0 Å². The largest absolute Gasteiger partial charge is 0.387 e. The van der Waals surface area contributed by atoms with Crippen molar-refractivity contribution in [2.75, 3.05) is 6.54 Å². The summed E-state index contributed by atoms with van der Waals surface area (Å²) in [4.78, 5) is 15.1. The van der Waals surface area contributed by atoms with Crippen molar-refractivity contribution in [2.45, 2.75) is 61.6 Å². The molecule has 3 rings (SSSR count). The van der Waals surface area contributed by atoms with Crippen LogP contribution in [0.25, 0.3) is 0 Å². The van der Waals surface area contributed by atoms with Crippen LogP contribution in [0.1, 0.15) is 26.7 Å². The Morgan fingerprint density at radius 2 is 2.22 bits per heavy atom. The third-order valence-corrected chi connectivity index (χ3v) is 5.67. The Hall–Kier alpha value is -1.00. The van der Waals surface area contributed by atoms with Gasteiger partial charge >= 0.3 is 0 Å². The van der Waals surface area contributed by atoms with E-state index in [1.165, 1.54) is 6.34 Å². The third kappa shape index (κ3) is 2.42. The summed E-state index contributed by atoms with van der Waals surface area (Å²) in [6.07, 6.45) is 2.92. The van der Waals surface area contributed by atoms with E-state index in [4.69, 9.17) is 16.2 Å². The number of hydrogen-bond donors (Lipinski definition) is 4. The van der Waals surface area contributed by atoms with Crippen molar-refractivity contribution in [1.82, 2.24) is 4.90 Å². The van der Waals surface area contributed by atoms with Gasteiger partial charge in [0.15, 0.2) is 11.8 Å². The smallest absolute Gasteiger partial charge is 0.163 e. The number of amidine groups is 1. The lowest BCUT2D eigenvalue weighted by Gasteiger charge is -2.42. The number of fused-ring (bicyclic) bond motifs is 1. The van der Waals surface area contributed by atoms with Gasteiger partial charge in [-0.3, -0.25) is 9.89 Å². The molecule has 5 N–H and O–H groups in total. The fourth-order valence-electron chi connectivity index (χ4n) is 3.27. The van der Waals surface area contributed by atoms with Gasteiger partial charge in [0.2, 0.25) is 0 Å². The van der Waals surface area contributed by atoms with Crippen molar-refractivity contribution >= 4 is 31.1 Å². The number of hydrogen-bond acceptors (Lipinski definition) is 9. The van der Waals surface area contributed by atoms with E-state index in [9.17, 15) is 5.11 Å². The van der Waals surface area contributed by atoms with Gasteiger partial charge in [-0.1, -0.05) is 0 Å². The van der Waals surface area contributed by atoms with Crippen molar-refractivity contribution in [2.24, 2.45) is 26.4 Å². The molecule has 0 amide bonds. The summed E-state index contributed by atoms with van der Waals surface area (Å²) < 4.78 is 5.84. The molecule has 6 atom stereocenters. The molecule has 128 valence electrons. The molecule has 9 heteroatoms. The number of aliphatic hydroxyl groups is 1. The topological polar surface area (TPSA) is 122 Å². The van der Waals surface area contributed by atoms with E-state index in [0.717, 1.165) is 6.42 Å². The molecule has 0 aromatic carbocycles. The number of aliphatic imine (C=N–C) groups is 3.